The minimum absolute atomic E-state index is 0.158. The minimum Gasteiger partial charge on any atom is -0.348 e. The number of imidazole rings is 1. The molecule has 8 nitrogen and oxygen atoms in total. The average molecular weight is 409 g/mol. The van der Waals surface area contributed by atoms with Gasteiger partial charge in [-0.05, 0) is 24.6 Å². The van der Waals surface area contributed by atoms with E-state index in [0.717, 1.165) is 21.3 Å². The molecular weight excluding hydrogens is 391 g/mol. The Labute approximate surface area is 162 Å². The zero-order chi connectivity index (χ0) is 21.5. The fraction of sp³-hybridized carbons (Fsp3) is 0.333. The predicted octanol–water partition coefficient (Wildman–Crippen LogP) is 1.33. The van der Waals surface area contributed by atoms with Gasteiger partial charge < -0.3 is 9.88 Å². The van der Waals surface area contributed by atoms with Crippen LogP contribution in [-0.4, -0.2) is 24.6 Å². The van der Waals surface area contributed by atoms with E-state index in [9.17, 15) is 27.6 Å². The van der Waals surface area contributed by atoms with Crippen LogP contribution in [0.15, 0.2) is 40.2 Å². The second kappa shape index (κ2) is 7.22. The molecule has 3 aromatic rings. The quantitative estimate of drug-likeness (QED) is 0.704. The van der Waals surface area contributed by atoms with E-state index in [0.29, 0.717) is 0 Å². The van der Waals surface area contributed by atoms with E-state index in [-0.39, 0.29) is 16.7 Å². The molecule has 3 rings (SSSR count). The summed E-state index contributed by atoms with van der Waals surface area (Å²) in [5.74, 6) is -0.685. The molecule has 0 saturated heterocycles. The third kappa shape index (κ3) is 3.80. The number of alkyl halides is 3. The predicted molar refractivity (Wildman–Crippen MR) is 98.2 cm³/mol. The summed E-state index contributed by atoms with van der Waals surface area (Å²) < 4.78 is 42.0. The number of halogens is 3. The van der Waals surface area contributed by atoms with Gasteiger partial charge in [0.05, 0.1) is 17.9 Å². The van der Waals surface area contributed by atoms with Crippen molar-refractivity contribution in [3.8, 4) is 0 Å². The lowest BCUT2D eigenvalue weighted by Crippen LogP contribution is -2.43. The van der Waals surface area contributed by atoms with Gasteiger partial charge in [-0.25, -0.2) is 14.3 Å². The molecule has 1 atom stereocenters. The number of rotatable bonds is 4. The van der Waals surface area contributed by atoms with Crippen molar-refractivity contribution >= 4 is 17.1 Å². The molecule has 1 amide bonds. The van der Waals surface area contributed by atoms with Gasteiger partial charge in [-0.1, -0.05) is 12.1 Å². The van der Waals surface area contributed by atoms with Gasteiger partial charge >= 0.3 is 11.9 Å². The van der Waals surface area contributed by atoms with Gasteiger partial charge in [0.15, 0.2) is 11.2 Å². The van der Waals surface area contributed by atoms with E-state index < -0.39 is 41.5 Å². The highest BCUT2D eigenvalue weighted by Gasteiger charge is 2.30. The maximum absolute atomic E-state index is 12.9. The Morgan fingerprint density at radius 1 is 1.24 bits per heavy atom. The lowest BCUT2D eigenvalue weighted by molar-refractivity contribution is -0.137. The summed E-state index contributed by atoms with van der Waals surface area (Å²) in [6.07, 6.45) is -3.12. The van der Waals surface area contributed by atoms with Crippen LogP contribution in [0.5, 0.6) is 0 Å². The molecule has 1 unspecified atom stereocenters. The Hall–Kier alpha value is -3.37. The van der Waals surface area contributed by atoms with E-state index in [4.69, 9.17) is 0 Å². The lowest BCUT2D eigenvalue weighted by Gasteiger charge is -2.17. The number of carbonyl (C=O) groups is 1. The monoisotopic (exact) mass is 409 g/mol. The van der Waals surface area contributed by atoms with E-state index in [1.54, 1.807) is 7.05 Å². The maximum atomic E-state index is 12.9. The van der Waals surface area contributed by atoms with Crippen molar-refractivity contribution in [2.75, 3.05) is 0 Å². The number of amides is 1. The molecule has 11 heteroatoms. The van der Waals surface area contributed by atoms with Crippen molar-refractivity contribution in [1.82, 2.24) is 24.0 Å². The first-order valence-corrected chi connectivity index (χ1v) is 8.58. The zero-order valence-electron chi connectivity index (χ0n) is 15.8. The first-order valence-electron chi connectivity index (χ1n) is 8.58. The second-order valence-corrected chi connectivity index (χ2v) is 6.67. The molecule has 0 aliphatic carbocycles. The van der Waals surface area contributed by atoms with Crippen LogP contribution in [0.2, 0.25) is 0 Å². The molecule has 2 aromatic heterocycles. The molecule has 29 heavy (non-hydrogen) atoms. The molecule has 154 valence electrons. The van der Waals surface area contributed by atoms with E-state index in [1.807, 2.05) is 0 Å². The number of aryl methyl sites for hydroxylation is 2. The molecule has 0 saturated carbocycles. The van der Waals surface area contributed by atoms with Gasteiger partial charge in [-0.15, -0.1) is 0 Å². The van der Waals surface area contributed by atoms with Crippen molar-refractivity contribution in [3.63, 3.8) is 0 Å². The molecule has 0 bridgehead atoms. The van der Waals surface area contributed by atoms with Crippen LogP contribution in [-0.2, 0) is 31.6 Å². The van der Waals surface area contributed by atoms with Crippen LogP contribution in [0.25, 0.3) is 11.2 Å². The Balaban J connectivity index is 1.86. The number of carbonyl (C=O) groups excluding carboxylic acids is 1. The van der Waals surface area contributed by atoms with Gasteiger partial charge in [0.2, 0.25) is 5.91 Å². The van der Waals surface area contributed by atoms with Crippen LogP contribution in [0.4, 0.5) is 13.2 Å². The fourth-order valence-corrected chi connectivity index (χ4v) is 3.03. The standard InChI is InChI=1S/C18H18F3N5O3/c1-10(11-5-4-6-12(7-11)18(19,20)21)23-13(27)8-26-16(28)14-15(22-9-24(14)2)25(3)17(26)29/h4-7,9-10H,8H2,1-3H3,(H,23,27). The summed E-state index contributed by atoms with van der Waals surface area (Å²) in [7, 11) is 3.01. The van der Waals surface area contributed by atoms with Crippen LogP contribution in [0.3, 0.4) is 0 Å². The van der Waals surface area contributed by atoms with E-state index in [1.165, 1.54) is 37.0 Å². The summed E-state index contributed by atoms with van der Waals surface area (Å²) in [5, 5.41) is 2.52. The number of fused-ring (bicyclic) bond motifs is 1. The van der Waals surface area contributed by atoms with Crippen LogP contribution >= 0.6 is 0 Å². The summed E-state index contributed by atoms with van der Waals surface area (Å²) >= 11 is 0. The number of nitrogens with one attached hydrogen (secondary N) is 1. The fourth-order valence-electron chi connectivity index (χ4n) is 3.03. The molecule has 2 heterocycles. The number of hydrogen-bond donors (Lipinski definition) is 1. The summed E-state index contributed by atoms with van der Waals surface area (Å²) in [4.78, 5) is 41.4. The summed E-state index contributed by atoms with van der Waals surface area (Å²) in [5.41, 5.74) is -1.63. The smallest absolute Gasteiger partial charge is 0.348 e. The minimum atomic E-state index is -4.50. The molecule has 0 spiro atoms. The third-order valence-electron chi connectivity index (χ3n) is 4.59. The maximum Gasteiger partial charge on any atom is 0.416 e. The lowest BCUT2D eigenvalue weighted by atomic mass is 10.0. The molecule has 0 fully saturated rings. The van der Waals surface area contributed by atoms with Crippen LogP contribution in [0, 0.1) is 0 Å². The molecular formula is C18H18F3N5O3. The Morgan fingerprint density at radius 2 is 1.93 bits per heavy atom. The summed E-state index contributed by atoms with van der Waals surface area (Å²) in [6.45, 7) is 0.939. The molecule has 0 radical (unpaired) electrons. The third-order valence-corrected chi connectivity index (χ3v) is 4.59. The number of nitrogens with zero attached hydrogens (tertiary/aromatic N) is 4. The highest BCUT2D eigenvalue weighted by atomic mass is 19.4. The highest BCUT2D eigenvalue weighted by Crippen LogP contribution is 2.30. The first-order chi connectivity index (χ1) is 13.5. The van der Waals surface area contributed by atoms with Gasteiger partial charge in [0.1, 0.15) is 6.54 Å². The van der Waals surface area contributed by atoms with Gasteiger partial charge in [-0.3, -0.25) is 14.2 Å². The highest BCUT2D eigenvalue weighted by molar-refractivity contribution is 5.77. The number of aromatic nitrogens is 4. The largest absolute Gasteiger partial charge is 0.416 e. The van der Waals surface area contributed by atoms with Gasteiger partial charge in [0.25, 0.3) is 5.56 Å². The van der Waals surface area contributed by atoms with E-state index in [2.05, 4.69) is 10.3 Å². The first kappa shape index (κ1) is 20.4. The Morgan fingerprint density at radius 3 is 2.59 bits per heavy atom. The SMILES string of the molecule is CC(NC(=O)Cn1c(=O)c2c(ncn2C)n(C)c1=O)c1cccc(C(F)(F)F)c1. The van der Waals surface area contributed by atoms with Crippen molar-refractivity contribution in [1.29, 1.82) is 0 Å². The Kier molecular flexibility index (Phi) is 5.07. The van der Waals surface area contributed by atoms with Crippen molar-refractivity contribution < 1.29 is 18.0 Å². The Bertz CT molecular complexity index is 1210. The van der Waals surface area contributed by atoms with Crippen molar-refractivity contribution in [2.24, 2.45) is 14.1 Å². The second-order valence-electron chi connectivity index (χ2n) is 6.67. The van der Waals surface area contributed by atoms with Crippen molar-refractivity contribution in [2.45, 2.75) is 25.7 Å². The molecule has 1 aromatic carbocycles. The van der Waals surface area contributed by atoms with Crippen LogP contribution < -0.4 is 16.6 Å². The number of hydrogen-bond acceptors (Lipinski definition) is 4. The average Bonchev–Trinajstić information content (AvgIpc) is 3.04. The molecule has 0 aliphatic rings. The van der Waals surface area contributed by atoms with Crippen molar-refractivity contribution in [3.05, 3.63) is 62.6 Å². The molecule has 1 N–H and O–H groups in total. The molecule has 0 aliphatic heterocycles. The van der Waals surface area contributed by atoms with Gasteiger partial charge in [-0.2, -0.15) is 13.2 Å². The zero-order valence-corrected chi connectivity index (χ0v) is 15.8. The van der Waals surface area contributed by atoms with Crippen LogP contribution in [0.1, 0.15) is 24.1 Å². The normalized spacial score (nSPS) is 12.9. The van der Waals surface area contributed by atoms with E-state index >= 15 is 0 Å². The topological polar surface area (TPSA) is 90.9 Å². The van der Waals surface area contributed by atoms with Gasteiger partial charge in [0, 0.05) is 14.1 Å². The number of benzene rings is 1. The summed E-state index contributed by atoms with van der Waals surface area (Å²) in [6, 6.07) is 3.82.